The molecule has 2 unspecified atom stereocenters. The van der Waals surface area contributed by atoms with Crippen LogP contribution in [0.25, 0.3) is 0 Å². The minimum Gasteiger partial charge on any atom is -0.394 e. The van der Waals surface area contributed by atoms with Gasteiger partial charge in [0.1, 0.15) is 30.2 Å². The Hall–Kier alpha value is -3.76. The van der Waals surface area contributed by atoms with E-state index < -0.39 is 70.2 Å². The van der Waals surface area contributed by atoms with Crippen LogP contribution in [-0.4, -0.2) is 121 Å². The van der Waals surface area contributed by atoms with E-state index in [1.165, 1.54) is 38.4 Å². The molecule has 2 aromatic carbocycles. The number of nitrogens with one attached hydrogen (secondary N) is 2. The third-order valence-electron chi connectivity index (χ3n) is 11.5. The molecule has 5 N–H and O–H groups in total. The fourth-order valence-corrected chi connectivity index (χ4v) is 12.2. The van der Waals surface area contributed by atoms with Crippen molar-refractivity contribution in [2.24, 2.45) is 5.92 Å². The second-order valence-corrected chi connectivity index (χ2v) is 16.2. The molecule has 6 aliphatic rings. The lowest BCUT2D eigenvalue weighted by Crippen LogP contribution is -2.73. The van der Waals surface area contributed by atoms with Crippen molar-refractivity contribution in [3.05, 3.63) is 71.4 Å². The molecular weight excluding hydrogens is 657 g/mol. The molecule has 0 aromatic heterocycles. The number of fused-ring (bicyclic) bond motifs is 11. The van der Waals surface area contributed by atoms with Gasteiger partial charge < -0.3 is 35.8 Å². The van der Waals surface area contributed by atoms with Crippen LogP contribution in [0.2, 0.25) is 0 Å². The standard InChI is InChI=1S/C33H36N6O7S2/c1-16(2)33(48-47-5)29(45)38-21(23(41)37(33)4)14-30(17-10-6-8-12-19(17)34-26(30)38)31-18-11-7-9-13-20(18)35-27(31)39-24(42)22(15-40)36(3)28(44)32(39,46)25(31)43/h6-14,16,22,25-27,34-35,40,43,46H,15H2,1-5H3/t22-,25-,26+,27-,30?,31?,32-,33-/m0/s1. The van der Waals surface area contributed by atoms with Gasteiger partial charge in [-0.05, 0) is 41.5 Å². The molecule has 8 atom stereocenters. The number of hydrogen-bond donors (Lipinski definition) is 5. The Morgan fingerprint density at radius 3 is 2.15 bits per heavy atom. The second kappa shape index (κ2) is 9.91. The number of para-hydroxylation sites is 2. The molecule has 48 heavy (non-hydrogen) atoms. The number of piperazine rings is 2. The topological polar surface area (TPSA) is 166 Å². The normalized spacial score (nSPS) is 37.6. The summed E-state index contributed by atoms with van der Waals surface area (Å²) in [6.07, 6.45) is -0.684. The zero-order valence-corrected chi connectivity index (χ0v) is 28.5. The van der Waals surface area contributed by atoms with Gasteiger partial charge >= 0.3 is 0 Å². The van der Waals surface area contributed by atoms with Crippen LogP contribution in [-0.2, 0) is 30.0 Å². The molecule has 3 saturated heterocycles. The van der Waals surface area contributed by atoms with Crippen LogP contribution in [0.4, 0.5) is 11.4 Å². The molecule has 0 saturated carbocycles. The molecule has 0 bridgehead atoms. The maximum absolute atomic E-state index is 15.1. The summed E-state index contributed by atoms with van der Waals surface area (Å²) in [7, 11) is 5.60. The van der Waals surface area contributed by atoms with Gasteiger partial charge in [0, 0.05) is 25.5 Å². The minimum atomic E-state index is -2.76. The Balaban J connectivity index is 1.47. The molecule has 3 fully saturated rings. The highest BCUT2D eigenvalue weighted by Crippen LogP contribution is 2.70. The number of hydrogen-bond acceptors (Lipinski definition) is 11. The van der Waals surface area contributed by atoms with Crippen molar-refractivity contribution in [3.63, 3.8) is 0 Å². The van der Waals surface area contributed by atoms with E-state index in [0.717, 1.165) is 9.80 Å². The Bertz CT molecular complexity index is 1860. The van der Waals surface area contributed by atoms with E-state index >= 15 is 4.79 Å². The first kappa shape index (κ1) is 31.5. The van der Waals surface area contributed by atoms with E-state index in [9.17, 15) is 29.7 Å². The number of aliphatic hydroxyl groups is 3. The van der Waals surface area contributed by atoms with Crippen molar-refractivity contribution in [2.45, 2.75) is 59.8 Å². The largest absolute Gasteiger partial charge is 0.394 e. The van der Waals surface area contributed by atoms with Gasteiger partial charge in [0.2, 0.25) is 0 Å². The number of rotatable bonds is 5. The molecule has 6 aliphatic heterocycles. The van der Waals surface area contributed by atoms with Gasteiger partial charge in [-0.15, -0.1) is 0 Å². The predicted octanol–water partition coefficient (Wildman–Crippen LogP) is 0.652. The molecule has 2 aromatic rings. The average molecular weight is 693 g/mol. The van der Waals surface area contributed by atoms with Crippen LogP contribution in [0.15, 0.2) is 60.3 Å². The monoisotopic (exact) mass is 692 g/mol. The van der Waals surface area contributed by atoms with Gasteiger partial charge in [0.05, 0.1) is 17.4 Å². The first-order valence-electron chi connectivity index (χ1n) is 15.7. The summed E-state index contributed by atoms with van der Waals surface area (Å²) in [5.74, 6) is -2.75. The number of aliphatic hydroxyl groups excluding tert-OH is 2. The number of anilines is 2. The zero-order chi connectivity index (χ0) is 34.3. The molecule has 0 radical (unpaired) electrons. The lowest BCUT2D eigenvalue weighted by Gasteiger charge is -2.52. The third kappa shape index (κ3) is 3.10. The van der Waals surface area contributed by atoms with Crippen LogP contribution in [0.5, 0.6) is 0 Å². The van der Waals surface area contributed by atoms with Crippen LogP contribution in [0, 0.1) is 5.92 Å². The van der Waals surface area contributed by atoms with Crippen LogP contribution < -0.4 is 10.6 Å². The second-order valence-electron chi connectivity index (χ2n) is 13.5. The van der Waals surface area contributed by atoms with Crippen molar-refractivity contribution >= 4 is 56.6 Å². The van der Waals surface area contributed by atoms with Crippen molar-refractivity contribution in [2.75, 3.05) is 37.6 Å². The molecule has 0 spiro atoms. The molecule has 4 amide bonds. The molecule has 6 heterocycles. The van der Waals surface area contributed by atoms with E-state index in [0.29, 0.717) is 22.5 Å². The molecule has 8 rings (SSSR count). The summed E-state index contributed by atoms with van der Waals surface area (Å²) >= 11 is 0. The molecule has 15 heteroatoms. The van der Waals surface area contributed by atoms with E-state index in [1.807, 2.05) is 44.4 Å². The third-order valence-corrected chi connectivity index (χ3v) is 14.1. The Kier molecular flexibility index (Phi) is 6.50. The van der Waals surface area contributed by atoms with Crippen molar-refractivity contribution < 1.29 is 34.5 Å². The van der Waals surface area contributed by atoms with Crippen LogP contribution in [0.3, 0.4) is 0 Å². The molecule has 13 nitrogen and oxygen atoms in total. The van der Waals surface area contributed by atoms with Crippen molar-refractivity contribution in [1.82, 2.24) is 19.6 Å². The van der Waals surface area contributed by atoms with Crippen molar-refractivity contribution in [1.29, 1.82) is 0 Å². The summed E-state index contributed by atoms with van der Waals surface area (Å²) in [5.41, 5.74) is -3.65. The first-order valence-corrected chi connectivity index (χ1v) is 18.3. The maximum Gasteiger partial charge on any atom is 0.279 e. The van der Waals surface area contributed by atoms with Gasteiger partial charge in [-0.25, -0.2) is 0 Å². The van der Waals surface area contributed by atoms with E-state index in [1.54, 1.807) is 37.4 Å². The molecule has 252 valence electrons. The molecular formula is C33H36N6O7S2. The number of carbonyl (C=O) groups is 4. The highest BCUT2D eigenvalue weighted by atomic mass is 33.1. The quantitative estimate of drug-likeness (QED) is 0.280. The number of carbonyl (C=O) groups excluding carboxylic acids is 4. The summed E-state index contributed by atoms with van der Waals surface area (Å²) in [6, 6.07) is 13.1. The van der Waals surface area contributed by atoms with E-state index in [2.05, 4.69) is 10.6 Å². The smallest absolute Gasteiger partial charge is 0.279 e. The highest BCUT2D eigenvalue weighted by molar-refractivity contribution is 8.77. The van der Waals surface area contributed by atoms with Gasteiger partial charge in [-0.3, -0.25) is 29.0 Å². The zero-order valence-electron chi connectivity index (χ0n) is 26.9. The summed E-state index contributed by atoms with van der Waals surface area (Å²) in [5, 5.41) is 42.5. The van der Waals surface area contributed by atoms with Crippen molar-refractivity contribution in [3.8, 4) is 0 Å². The number of nitrogens with zero attached hydrogens (tertiary/aromatic N) is 4. The van der Waals surface area contributed by atoms with Crippen LogP contribution >= 0.6 is 21.6 Å². The van der Waals surface area contributed by atoms with Gasteiger partial charge in [-0.2, -0.15) is 0 Å². The average Bonchev–Trinajstić information content (AvgIpc) is 3.74. The fourth-order valence-electron chi connectivity index (χ4n) is 9.48. The lowest BCUT2D eigenvalue weighted by molar-refractivity contribution is -0.209. The van der Waals surface area contributed by atoms with Crippen LogP contribution in [0.1, 0.15) is 25.0 Å². The Morgan fingerprint density at radius 1 is 0.917 bits per heavy atom. The number of amides is 4. The Morgan fingerprint density at radius 2 is 1.52 bits per heavy atom. The Labute approximate surface area is 284 Å². The minimum absolute atomic E-state index is 0.0945. The molecule has 0 aliphatic carbocycles. The van der Waals surface area contributed by atoms with Gasteiger partial charge in [0.25, 0.3) is 29.4 Å². The number of likely N-dealkylation sites (N-methyl/N-ethyl adjacent to an activating group) is 2. The summed E-state index contributed by atoms with van der Waals surface area (Å²) in [4.78, 5) is 61.6. The first-order chi connectivity index (χ1) is 22.8. The lowest BCUT2D eigenvalue weighted by atomic mass is 9.54. The number of benzene rings is 2. The summed E-state index contributed by atoms with van der Waals surface area (Å²) < 4.78 is 0. The van der Waals surface area contributed by atoms with E-state index in [-0.39, 0.29) is 17.5 Å². The van der Waals surface area contributed by atoms with Gasteiger partial charge in [0.15, 0.2) is 4.87 Å². The maximum atomic E-state index is 15.1. The predicted molar refractivity (Wildman–Crippen MR) is 179 cm³/mol. The fraction of sp³-hybridized carbons (Fsp3) is 0.455. The van der Waals surface area contributed by atoms with E-state index in [4.69, 9.17) is 0 Å². The SMILES string of the molecule is CSS[C@@]1(C(C)C)C(=O)N2C(=CC3(C45c6ccccc6N[C@H]4N4C(=O)[C@H](CO)N(C)C(=O)[C@@]4(O)[C@H]5O)c4ccccc4N[C@H]23)C(=O)N1C. The summed E-state index contributed by atoms with van der Waals surface area (Å²) in [6.45, 7) is 3.09. The van der Waals surface area contributed by atoms with Gasteiger partial charge in [-0.1, -0.05) is 71.8 Å². The highest BCUT2D eigenvalue weighted by Gasteiger charge is 2.85.